The van der Waals surface area contributed by atoms with Gasteiger partial charge in [-0.1, -0.05) is 0 Å². The lowest BCUT2D eigenvalue weighted by molar-refractivity contribution is 0.392. The molecule has 0 saturated carbocycles. The van der Waals surface area contributed by atoms with Crippen LogP contribution in [0.25, 0.3) is 0 Å². The Hall–Kier alpha value is -2.26. The van der Waals surface area contributed by atoms with Gasteiger partial charge in [-0.05, 0) is 19.1 Å². The first-order chi connectivity index (χ1) is 7.69. The van der Waals surface area contributed by atoms with E-state index in [9.17, 15) is 0 Å². The molecule has 0 atom stereocenters. The molecule has 0 bridgehead atoms. The Morgan fingerprint density at radius 3 is 3.00 bits per heavy atom. The van der Waals surface area contributed by atoms with E-state index in [0.717, 1.165) is 5.69 Å². The minimum absolute atomic E-state index is 0.402. The highest BCUT2D eigenvalue weighted by molar-refractivity contribution is 5.44. The number of allylic oxidation sites excluding steroid dienone is 2. The lowest BCUT2D eigenvalue weighted by Gasteiger charge is -2.24. The van der Waals surface area contributed by atoms with Crippen LogP contribution in [0.2, 0.25) is 0 Å². The molecule has 0 aliphatic carbocycles. The summed E-state index contributed by atoms with van der Waals surface area (Å²) in [6.07, 6.45) is 3.50. The van der Waals surface area contributed by atoms with E-state index >= 15 is 0 Å². The number of aromatic nitrogens is 2. The molecule has 0 aromatic carbocycles. The summed E-state index contributed by atoms with van der Waals surface area (Å²) in [6, 6.07) is 3.94. The van der Waals surface area contributed by atoms with Crippen LogP contribution in [0.5, 0.6) is 0 Å². The van der Waals surface area contributed by atoms with Crippen LogP contribution in [-0.4, -0.2) is 21.8 Å². The van der Waals surface area contributed by atoms with Gasteiger partial charge in [0.2, 0.25) is 0 Å². The molecule has 2 heterocycles. The fourth-order valence-electron chi connectivity index (χ4n) is 1.40. The second-order valence-electron chi connectivity index (χ2n) is 3.54. The van der Waals surface area contributed by atoms with E-state index in [1.165, 1.54) is 5.01 Å². The maximum Gasteiger partial charge on any atom is 0.153 e. The quantitative estimate of drug-likeness (QED) is 0.630. The van der Waals surface area contributed by atoms with Gasteiger partial charge in [-0.2, -0.15) is 10.4 Å². The molecule has 0 spiro atoms. The normalized spacial score (nSPS) is 15.2. The molecule has 6 nitrogen and oxygen atoms in total. The van der Waals surface area contributed by atoms with Gasteiger partial charge in [-0.25, -0.2) is 5.84 Å². The molecule has 0 unspecified atom stereocenters. The van der Waals surface area contributed by atoms with Crippen molar-refractivity contribution in [2.24, 2.45) is 5.84 Å². The third-order valence-corrected chi connectivity index (χ3v) is 2.20. The van der Waals surface area contributed by atoms with Crippen molar-refractivity contribution in [3.8, 4) is 6.07 Å². The van der Waals surface area contributed by atoms with Crippen LogP contribution in [0.3, 0.4) is 0 Å². The van der Waals surface area contributed by atoms with Crippen molar-refractivity contribution in [2.75, 3.05) is 11.9 Å². The molecule has 1 aromatic heterocycles. The Morgan fingerprint density at radius 2 is 2.44 bits per heavy atom. The maximum atomic E-state index is 8.72. The third-order valence-electron chi connectivity index (χ3n) is 2.20. The van der Waals surface area contributed by atoms with Gasteiger partial charge >= 0.3 is 0 Å². The molecule has 1 aliphatic heterocycles. The number of aryl methyl sites for hydroxylation is 1. The molecular formula is C10H12N6. The van der Waals surface area contributed by atoms with E-state index in [1.807, 2.05) is 13.0 Å². The summed E-state index contributed by atoms with van der Waals surface area (Å²) >= 11 is 0. The zero-order chi connectivity index (χ0) is 11.5. The number of anilines is 1. The van der Waals surface area contributed by atoms with Crippen LogP contribution in [0, 0.1) is 18.3 Å². The number of nitrogens with zero attached hydrogens (tertiary/aromatic N) is 3. The van der Waals surface area contributed by atoms with E-state index in [-0.39, 0.29) is 0 Å². The fraction of sp³-hybridized carbons (Fsp3) is 0.200. The van der Waals surface area contributed by atoms with E-state index < -0.39 is 0 Å². The SMILES string of the molecule is Cc1cc(NC2=CC=C(C#N)CN2N)n[nH]1. The highest BCUT2D eigenvalue weighted by Crippen LogP contribution is 2.14. The largest absolute Gasteiger partial charge is 0.324 e. The average molecular weight is 216 g/mol. The van der Waals surface area contributed by atoms with Crippen molar-refractivity contribution in [3.63, 3.8) is 0 Å². The third kappa shape index (κ3) is 2.04. The fourth-order valence-corrected chi connectivity index (χ4v) is 1.40. The molecule has 1 aliphatic rings. The Bertz CT molecular complexity index is 490. The number of nitrogens with one attached hydrogen (secondary N) is 2. The molecule has 0 radical (unpaired) electrons. The second kappa shape index (κ2) is 4.08. The van der Waals surface area contributed by atoms with Crippen molar-refractivity contribution >= 4 is 5.82 Å². The van der Waals surface area contributed by atoms with Gasteiger partial charge in [0, 0.05) is 11.8 Å². The van der Waals surface area contributed by atoms with Gasteiger partial charge in [-0.3, -0.25) is 10.1 Å². The molecule has 2 rings (SSSR count). The van der Waals surface area contributed by atoms with Crippen LogP contribution in [0.4, 0.5) is 5.82 Å². The molecule has 6 heteroatoms. The first-order valence-electron chi connectivity index (χ1n) is 4.81. The van der Waals surface area contributed by atoms with E-state index in [1.54, 1.807) is 12.2 Å². The van der Waals surface area contributed by atoms with Crippen molar-refractivity contribution in [3.05, 3.63) is 35.3 Å². The summed E-state index contributed by atoms with van der Waals surface area (Å²) < 4.78 is 0. The molecule has 82 valence electrons. The number of H-pyrrole nitrogens is 1. The lowest BCUT2D eigenvalue weighted by Crippen LogP contribution is -2.36. The van der Waals surface area contributed by atoms with Crippen molar-refractivity contribution in [1.29, 1.82) is 5.26 Å². The van der Waals surface area contributed by atoms with Gasteiger partial charge < -0.3 is 5.32 Å². The number of nitrogens with two attached hydrogens (primary N) is 1. The molecule has 0 fully saturated rings. The Morgan fingerprint density at radius 1 is 1.62 bits per heavy atom. The molecule has 0 amide bonds. The molecule has 16 heavy (non-hydrogen) atoms. The van der Waals surface area contributed by atoms with E-state index in [4.69, 9.17) is 11.1 Å². The van der Waals surface area contributed by atoms with Crippen LogP contribution >= 0.6 is 0 Å². The van der Waals surface area contributed by atoms with Gasteiger partial charge in [0.15, 0.2) is 5.82 Å². The Labute approximate surface area is 93.0 Å². The molecule has 1 aromatic rings. The van der Waals surface area contributed by atoms with Crippen LogP contribution in [0.15, 0.2) is 29.6 Å². The highest BCUT2D eigenvalue weighted by Gasteiger charge is 2.12. The zero-order valence-electron chi connectivity index (χ0n) is 8.86. The summed E-state index contributed by atoms with van der Waals surface area (Å²) in [5, 5.41) is 20.1. The Kier molecular flexibility index (Phi) is 2.62. The topological polar surface area (TPSA) is 93.8 Å². The highest BCUT2D eigenvalue weighted by atomic mass is 15.5. The van der Waals surface area contributed by atoms with Crippen LogP contribution in [-0.2, 0) is 0 Å². The minimum Gasteiger partial charge on any atom is -0.324 e. The standard InChI is InChI=1S/C10H12N6/c1-7-4-9(15-14-7)13-10-3-2-8(5-11)6-16(10)12/h2-4H,6,12H2,1H3,(H2,13,14,15). The number of hydrogen-bond donors (Lipinski definition) is 3. The van der Waals surface area contributed by atoms with E-state index in [2.05, 4.69) is 21.6 Å². The summed E-state index contributed by atoms with van der Waals surface area (Å²) in [4.78, 5) is 0. The van der Waals surface area contributed by atoms with Gasteiger partial charge in [0.05, 0.1) is 18.2 Å². The summed E-state index contributed by atoms with van der Waals surface area (Å²) in [7, 11) is 0. The zero-order valence-corrected chi connectivity index (χ0v) is 8.86. The maximum absolute atomic E-state index is 8.72. The molecule has 4 N–H and O–H groups in total. The average Bonchev–Trinajstić information content (AvgIpc) is 2.67. The summed E-state index contributed by atoms with van der Waals surface area (Å²) in [5.41, 5.74) is 1.60. The predicted molar refractivity (Wildman–Crippen MR) is 59.6 cm³/mol. The van der Waals surface area contributed by atoms with Gasteiger partial charge in [0.25, 0.3) is 0 Å². The first-order valence-corrected chi connectivity index (χ1v) is 4.81. The number of rotatable bonds is 2. The predicted octanol–water partition coefficient (Wildman–Crippen LogP) is 0.611. The number of nitriles is 1. The van der Waals surface area contributed by atoms with Crippen molar-refractivity contribution in [1.82, 2.24) is 15.2 Å². The monoisotopic (exact) mass is 216 g/mol. The van der Waals surface area contributed by atoms with E-state index in [0.29, 0.717) is 23.8 Å². The van der Waals surface area contributed by atoms with Gasteiger partial charge in [0.1, 0.15) is 5.82 Å². The number of aromatic amines is 1. The van der Waals surface area contributed by atoms with Crippen LogP contribution in [0.1, 0.15) is 5.69 Å². The number of hydrazine groups is 1. The molecular weight excluding hydrogens is 204 g/mol. The lowest BCUT2D eigenvalue weighted by atomic mass is 10.2. The summed E-state index contributed by atoms with van der Waals surface area (Å²) in [6.45, 7) is 2.32. The second-order valence-corrected chi connectivity index (χ2v) is 3.54. The van der Waals surface area contributed by atoms with Gasteiger partial charge in [-0.15, -0.1) is 0 Å². The van der Waals surface area contributed by atoms with Crippen molar-refractivity contribution < 1.29 is 0 Å². The Balaban J connectivity index is 2.14. The minimum atomic E-state index is 0.402. The first kappa shape index (κ1) is 10.3. The smallest absolute Gasteiger partial charge is 0.153 e. The van der Waals surface area contributed by atoms with Crippen molar-refractivity contribution in [2.45, 2.75) is 6.92 Å². The van der Waals surface area contributed by atoms with Crippen LogP contribution < -0.4 is 11.2 Å². The molecule has 0 saturated heterocycles. The summed E-state index contributed by atoms with van der Waals surface area (Å²) in [5.74, 6) is 7.19. The number of hydrogen-bond acceptors (Lipinski definition) is 5.